The molecule has 1 aromatic heterocycles. The Hall–Kier alpha value is -2.71. The van der Waals surface area contributed by atoms with Crippen LogP contribution in [0.5, 0.6) is 0 Å². The topological polar surface area (TPSA) is 67.4 Å². The minimum absolute atomic E-state index is 0.500. The molecule has 102 valence electrons. The second kappa shape index (κ2) is 5.73. The summed E-state index contributed by atoms with van der Waals surface area (Å²) < 4.78 is 1.69. The van der Waals surface area contributed by atoms with Crippen LogP contribution in [0.1, 0.15) is 11.1 Å². The molecule has 3 rings (SSSR count). The van der Waals surface area contributed by atoms with Gasteiger partial charge in [-0.1, -0.05) is 23.7 Å². The SMILES string of the molecule is N#Cc1cccc(Cn2nnnc2-c2ccc(Cl)cc2)c1. The van der Waals surface area contributed by atoms with Crippen molar-refractivity contribution in [3.05, 3.63) is 64.7 Å². The van der Waals surface area contributed by atoms with Crippen LogP contribution in [0, 0.1) is 11.3 Å². The minimum atomic E-state index is 0.500. The first-order valence-corrected chi connectivity index (χ1v) is 6.65. The van der Waals surface area contributed by atoms with Crippen molar-refractivity contribution in [2.75, 3.05) is 0 Å². The standard InChI is InChI=1S/C15H10ClN5/c16-14-6-4-13(5-7-14)15-18-19-20-21(15)10-12-3-1-2-11(8-12)9-17/h1-8H,10H2. The van der Waals surface area contributed by atoms with Crippen LogP contribution in [0.4, 0.5) is 0 Å². The average Bonchev–Trinajstić information content (AvgIpc) is 2.96. The summed E-state index contributed by atoms with van der Waals surface area (Å²) in [6.07, 6.45) is 0. The third-order valence-corrected chi connectivity index (χ3v) is 3.27. The number of tetrazole rings is 1. The van der Waals surface area contributed by atoms with Gasteiger partial charge in [-0.25, -0.2) is 4.68 Å². The van der Waals surface area contributed by atoms with Gasteiger partial charge >= 0.3 is 0 Å². The molecular weight excluding hydrogens is 286 g/mol. The minimum Gasteiger partial charge on any atom is -0.221 e. The molecule has 0 amide bonds. The largest absolute Gasteiger partial charge is 0.221 e. The Morgan fingerprint density at radius 2 is 1.95 bits per heavy atom. The van der Waals surface area contributed by atoms with Crippen LogP contribution >= 0.6 is 11.6 Å². The van der Waals surface area contributed by atoms with Gasteiger partial charge in [0.15, 0.2) is 5.82 Å². The van der Waals surface area contributed by atoms with Gasteiger partial charge in [0.05, 0.1) is 18.2 Å². The highest BCUT2D eigenvalue weighted by molar-refractivity contribution is 6.30. The lowest BCUT2D eigenvalue weighted by Gasteiger charge is -2.05. The molecule has 6 heteroatoms. The van der Waals surface area contributed by atoms with E-state index in [4.69, 9.17) is 16.9 Å². The van der Waals surface area contributed by atoms with Crippen molar-refractivity contribution in [1.29, 1.82) is 5.26 Å². The zero-order valence-corrected chi connectivity index (χ0v) is 11.7. The lowest BCUT2D eigenvalue weighted by Crippen LogP contribution is -2.04. The predicted molar refractivity (Wildman–Crippen MR) is 78.5 cm³/mol. The van der Waals surface area contributed by atoms with Gasteiger partial charge in [-0.3, -0.25) is 0 Å². The van der Waals surface area contributed by atoms with Crippen molar-refractivity contribution in [2.24, 2.45) is 0 Å². The molecule has 0 radical (unpaired) electrons. The summed E-state index contributed by atoms with van der Waals surface area (Å²) in [6, 6.07) is 16.8. The molecule has 0 fully saturated rings. The Morgan fingerprint density at radius 1 is 1.14 bits per heavy atom. The first-order valence-electron chi connectivity index (χ1n) is 6.27. The zero-order chi connectivity index (χ0) is 14.7. The van der Waals surface area contributed by atoms with Gasteiger partial charge in [-0.05, 0) is 52.4 Å². The highest BCUT2D eigenvalue weighted by Gasteiger charge is 2.09. The third kappa shape index (κ3) is 2.91. The smallest absolute Gasteiger partial charge is 0.182 e. The highest BCUT2D eigenvalue weighted by atomic mass is 35.5. The van der Waals surface area contributed by atoms with E-state index in [1.165, 1.54) is 0 Å². The van der Waals surface area contributed by atoms with E-state index in [0.717, 1.165) is 11.1 Å². The molecule has 0 aliphatic carbocycles. The first kappa shape index (κ1) is 13.3. The maximum atomic E-state index is 8.94. The fourth-order valence-corrected chi connectivity index (χ4v) is 2.16. The number of benzene rings is 2. The van der Waals surface area contributed by atoms with E-state index in [1.54, 1.807) is 22.9 Å². The summed E-state index contributed by atoms with van der Waals surface area (Å²) in [5, 5.41) is 21.4. The van der Waals surface area contributed by atoms with Gasteiger partial charge in [0.1, 0.15) is 0 Å². The maximum absolute atomic E-state index is 8.94. The second-order valence-corrected chi connectivity index (χ2v) is 4.92. The summed E-state index contributed by atoms with van der Waals surface area (Å²) in [4.78, 5) is 0. The second-order valence-electron chi connectivity index (χ2n) is 4.48. The predicted octanol–water partition coefficient (Wildman–Crippen LogP) is 2.91. The van der Waals surface area contributed by atoms with Crippen LogP contribution in [0.2, 0.25) is 5.02 Å². The van der Waals surface area contributed by atoms with Crippen LogP contribution in [0.25, 0.3) is 11.4 Å². The fourth-order valence-electron chi connectivity index (χ4n) is 2.03. The molecule has 5 nitrogen and oxygen atoms in total. The first-order chi connectivity index (χ1) is 10.3. The van der Waals surface area contributed by atoms with Crippen molar-refractivity contribution >= 4 is 11.6 Å². The highest BCUT2D eigenvalue weighted by Crippen LogP contribution is 2.19. The molecule has 0 bridgehead atoms. The van der Waals surface area contributed by atoms with Gasteiger partial charge in [0, 0.05) is 10.6 Å². The zero-order valence-electron chi connectivity index (χ0n) is 10.9. The third-order valence-electron chi connectivity index (χ3n) is 3.02. The summed E-state index contributed by atoms with van der Waals surface area (Å²) in [7, 11) is 0. The van der Waals surface area contributed by atoms with E-state index in [1.807, 2.05) is 30.3 Å². The summed E-state index contributed by atoms with van der Waals surface area (Å²) in [5.41, 5.74) is 2.48. The summed E-state index contributed by atoms with van der Waals surface area (Å²) in [5.74, 6) is 0.661. The van der Waals surface area contributed by atoms with E-state index in [0.29, 0.717) is 23.0 Å². The van der Waals surface area contributed by atoms with Gasteiger partial charge in [0.2, 0.25) is 0 Å². The average molecular weight is 296 g/mol. The number of halogens is 1. The molecule has 0 aliphatic heterocycles. The number of nitrogens with zero attached hydrogens (tertiary/aromatic N) is 5. The molecule has 0 unspecified atom stereocenters. The van der Waals surface area contributed by atoms with Crippen molar-refractivity contribution in [3.63, 3.8) is 0 Å². The van der Waals surface area contributed by atoms with Crippen molar-refractivity contribution in [3.8, 4) is 17.5 Å². The van der Waals surface area contributed by atoms with E-state index in [9.17, 15) is 0 Å². The molecule has 0 saturated heterocycles. The Balaban J connectivity index is 1.92. The van der Waals surface area contributed by atoms with Crippen LogP contribution in [0.15, 0.2) is 48.5 Å². The number of rotatable bonds is 3. The molecule has 0 aliphatic rings. The Morgan fingerprint density at radius 3 is 2.71 bits per heavy atom. The molecule has 3 aromatic rings. The Labute approximate surface area is 126 Å². The Bertz CT molecular complexity index is 801. The Kier molecular flexibility index (Phi) is 3.63. The quantitative estimate of drug-likeness (QED) is 0.745. The maximum Gasteiger partial charge on any atom is 0.182 e. The number of nitriles is 1. The number of hydrogen-bond acceptors (Lipinski definition) is 4. The van der Waals surface area contributed by atoms with Crippen LogP contribution in [-0.4, -0.2) is 20.2 Å². The van der Waals surface area contributed by atoms with Crippen molar-refractivity contribution in [2.45, 2.75) is 6.54 Å². The molecule has 1 heterocycles. The van der Waals surface area contributed by atoms with E-state index >= 15 is 0 Å². The summed E-state index contributed by atoms with van der Waals surface area (Å²) in [6.45, 7) is 0.500. The number of aromatic nitrogens is 4. The molecular formula is C15H10ClN5. The van der Waals surface area contributed by atoms with Gasteiger partial charge in [-0.15, -0.1) is 5.10 Å². The molecule has 0 atom stereocenters. The lowest BCUT2D eigenvalue weighted by atomic mass is 10.1. The molecule has 21 heavy (non-hydrogen) atoms. The molecule has 0 spiro atoms. The van der Waals surface area contributed by atoms with Gasteiger partial charge < -0.3 is 0 Å². The van der Waals surface area contributed by atoms with Crippen LogP contribution in [0.3, 0.4) is 0 Å². The lowest BCUT2D eigenvalue weighted by molar-refractivity contribution is 0.653. The molecule has 0 saturated carbocycles. The van der Waals surface area contributed by atoms with Crippen LogP contribution < -0.4 is 0 Å². The molecule has 2 aromatic carbocycles. The summed E-state index contributed by atoms with van der Waals surface area (Å²) >= 11 is 5.89. The van der Waals surface area contributed by atoms with Crippen molar-refractivity contribution in [1.82, 2.24) is 20.2 Å². The van der Waals surface area contributed by atoms with E-state index < -0.39 is 0 Å². The number of hydrogen-bond donors (Lipinski definition) is 0. The van der Waals surface area contributed by atoms with Gasteiger partial charge in [-0.2, -0.15) is 5.26 Å². The monoisotopic (exact) mass is 295 g/mol. The van der Waals surface area contributed by atoms with Gasteiger partial charge in [0.25, 0.3) is 0 Å². The normalized spacial score (nSPS) is 10.3. The van der Waals surface area contributed by atoms with E-state index in [-0.39, 0.29) is 0 Å². The fraction of sp³-hybridized carbons (Fsp3) is 0.0667. The van der Waals surface area contributed by atoms with Crippen LogP contribution in [-0.2, 0) is 6.54 Å². The molecule has 0 N–H and O–H groups in total. The van der Waals surface area contributed by atoms with Crippen molar-refractivity contribution < 1.29 is 0 Å². The van der Waals surface area contributed by atoms with E-state index in [2.05, 4.69) is 21.6 Å².